The van der Waals surface area contributed by atoms with Gasteiger partial charge in [0.2, 0.25) is 0 Å². The van der Waals surface area contributed by atoms with Gasteiger partial charge in [-0.05, 0) is 77.6 Å². The highest BCUT2D eigenvalue weighted by Crippen LogP contribution is 2.32. The van der Waals surface area contributed by atoms with Gasteiger partial charge in [-0.3, -0.25) is 9.69 Å². The summed E-state index contributed by atoms with van der Waals surface area (Å²) in [5.74, 6) is 0.179. The van der Waals surface area contributed by atoms with Crippen LogP contribution in [0.4, 0.5) is 5.69 Å². The fraction of sp³-hybridized carbons (Fsp3) is 0.476. The van der Waals surface area contributed by atoms with Crippen molar-refractivity contribution in [3.8, 4) is 0 Å². The van der Waals surface area contributed by atoms with Gasteiger partial charge in [-0.1, -0.05) is 18.6 Å². The lowest BCUT2D eigenvalue weighted by atomic mass is 9.98. The van der Waals surface area contributed by atoms with Gasteiger partial charge in [0.1, 0.15) is 0 Å². The lowest BCUT2D eigenvalue weighted by Gasteiger charge is -2.35. The predicted octanol–water partition coefficient (Wildman–Crippen LogP) is 3.99. The number of likely N-dealkylation sites (tertiary alicyclic amines) is 1. The number of halogens is 1. The number of piperidine rings is 1. The molecule has 144 valence electrons. The van der Waals surface area contributed by atoms with Gasteiger partial charge >= 0.3 is 0 Å². The van der Waals surface area contributed by atoms with E-state index < -0.39 is 0 Å². The Bertz CT molecular complexity index is 814. The van der Waals surface area contributed by atoms with Crippen LogP contribution in [0.15, 0.2) is 39.4 Å². The second kappa shape index (κ2) is 8.07. The summed E-state index contributed by atoms with van der Waals surface area (Å²) in [6, 6.07) is 10.4. The molecule has 3 heterocycles. The Morgan fingerprint density at radius 1 is 1.19 bits per heavy atom. The van der Waals surface area contributed by atoms with Gasteiger partial charge in [0.25, 0.3) is 5.91 Å². The van der Waals surface area contributed by atoms with Crippen LogP contribution in [0.1, 0.15) is 47.0 Å². The average Bonchev–Trinajstić information content (AvgIpc) is 3.29. The van der Waals surface area contributed by atoms with Gasteiger partial charge in [-0.2, -0.15) is 0 Å². The largest absolute Gasteiger partial charge is 0.444 e. The van der Waals surface area contributed by atoms with Crippen LogP contribution in [0.2, 0.25) is 0 Å². The molecule has 0 saturated carbocycles. The van der Waals surface area contributed by atoms with Gasteiger partial charge < -0.3 is 14.6 Å². The van der Waals surface area contributed by atoms with Crippen molar-refractivity contribution in [1.82, 2.24) is 10.2 Å². The number of rotatable bonds is 5. The maximum absolute atomic E-state index is 12.5. The highest BCUT2D eigenvalue weighted by Gasteiger charge is 2.25. The topological polar surface area (TPSA) is 48.7 Å². The quantitative estimate of drug-likeness (QED) is 0.777. The van der Waals surface area contributed by atoms with Gasteiger partial charge in [-0.25, -0.2) is 0 Å². The Morgan fingerprint density at radius 3 is 2.74 bits per heavy atom. The summed E-state index contributed by atoms with van der Waals surface area (Å²) < 4.78 is 5.96. The molecule has 1 saturated heterocycles. The highest BCUT2D eigenvalue weighted by molar-refractivity contribution is 9.10. The van der Waals surface area contributed by atoms with Crippen LogP contribution in [0, 0.1) is 0 Å². The average molecular weight is 432 g/mol. The van der Waals surface area contributed by atoms with Crippen LogP contribution < -0.4 is 10.2 Å². The molecule has 0 spiro atoms. The van der Waals surface area contributed by atoms with Crippen LogP contribution in [-0.2, 0) is 6.42 Å². The third-order valence-electron chi connectivity index (χ3n) is 5.70. The number of hydrogen-bond donors (Lipinski definition) is 1. The molecule has 0 aliphatic carbocycles. The smallest absolute Gasteiger partial charge is 0.287 e. The maximum Gasteiger partial charge on any atom is 0.287 e. The standard InChI is InChI=1S/C21H26BrN3O2/c1-24-12-9-16-13-15(5-6-17(16)24)18(25-10-3-2-4-11-25)14-23-21(26)19-7-8-20(22)27-19/h5-8,13,18H,2-4,9-12,14H2,1H3,(H,23,26). The molecule has 1 aromatic carbocycles. The molecule has 1 atom stereocenters. The van der Waals surface area contributed by atoms with Crippen LogP contribution in [-0.4, -0.2) is 44.0 Å². The molecule has 2 aliphatic heterocycles. The summed E-state index contributed by atoms with van der Waals surface area (Å²) >= 11 is 3.25. The first kappa shape index (κ1) is 18.6. The molecule has 0 radical (unpaired) electrons. The Kier molecular flexibility index (Phi) is 5.55. The Hall–Kier alpha value is -1.79. The minimum absolute atomic E-state index is 0.163. The first-order valence-corrected chi connectivity index (χ1v) is 10.5. The molecule has 1 fully saturated rings. The molecule has 2 aliphatic rings. The Balaban J connectivity index is 1.53. The molecular formula is C21H26BrN3O2. The van der Waals surface area contributed by atoms with Crippen molar-refractivity contribution in [1.29, 1.82) is 0 Å². The molecule has 6 heteroatoms. The first-order valence-electron chi connectivity index (χ1n) is 9.73. The number of likely N-dealkylation sites (N-methyl/N-ethyl adjacent to an activating group) is 1. The zero-order chi connectivity index (χ0) is 18.8. The number of hydrogen-bond acceptors (Lipinski definition) is 4. The lowest BCUT2D eigenvalue weighted by Crippen LogP contribution is -2.40. The summed E-state index contributed by atoms with van der Waals surface area (Å²) in [4.78, 5) is 17.3. The van der Waals surface area contributed by atoms with Gasteiger partial charge in [0, 0.05) is 25.8 Å². The fourth-order valence-electron chi connectivity index (χ4n) is 4.19. The van der Waals surface area contributed by atoms with E-state index in [1.165, 1.54) is 36.1 Å². The highest BCUT2D eigenvalue weighted by atomic mass is 79.9. The summed E-state index contributed by atoms with van der Waals surface area (Å²) in [6.45, 7) is 3.84. The second-order valence-corrected chi connectivity index (χ2v) is 8.27. The molecule has 1 aromatic heterocycles. The van der Waals surface area contributed by atoms with Crippen molar-refractivity contribution >= 4 is 27.5 Å². The number of nitrogens with one attached hydrogen (secondary N) is 1. The van der Waals surface area contributed by atoms with E-state index in [9.17, 15) is 4.79 Å². The second-order valence-electron chi connectivity index (χ2n) is 7.49. The summed E-state index contributed by atoms with van der Waals surface area (Å²) in [7, 11) is 2.15. The van der Waals surface area contributed by atoms with E-state index in [4.69, 9.17) is 4.42 Å². The molecule has 4 rings (SSSR count). The zero-order valence-electron chi connectivity index (χ0n) is 15.7. The minimum atomic E-state index is -0.163. The molecule has 2 aromatic rings. The lowest BCUT2D eigenvalue weighted by molar-refractivity contribution is 0.0896. The number of fused-ring (bicyclic) bond motifs is 1. The van der Waals surface area contributed by atoms with Crippen molar-refractivity contribution in [2.24, 2.45) is 0 Å². The number of benzene rings is 1. The summed E-state index contributed by atoms with van der Waals surface area (Å²) in [5.41, 5.74) is 4.05. The van der Waals surface area contributed by atoms with Crippen LogP contribution in [0.3, 0.4) is 0 Å². The number of nitrogens with zero attached hydrogens (tertiary/aromatic N) is 2. The van der Waals surface area contributed by atoms with Crippen molar-refractivity contribution in [3.63, 3.8) is 0 Å². The van der Waals surface area contributed by atoms with Crippen molar-refractivity contribution in [2.75, 3.05) is 38.1 Å². The van der Waals surface area contributed by atoms with E-state index in [0.29, 0.717) is 17.0 Å². The SMILES string of the molecule is CN1CCc2cc(C(CNC(=O)c3ccc(Br)o3)N3CCCCC3)ccc21. The Labute approximate surface area is 168 Å². The minimum Gasteiger partial charge on any atom is -0.444 e. The third kappa shape index (κ3) is 4.06. The van der Waals surface area contributed by atoms with E-state index >= 15 is 0 Å². The van der Waals surface area contributed by atoms with E-state index in [1.807, 2.05) is 0 Å². The predicted molar refractivity (Wildman–Crippen MR) is 110 cm³/mol. The third-order valence-corrected chi connectivity index (χ3v) is 6.13. The molecule has 0 bridgehead atoms. The summed E-state index contributed by atoms with van der Waals surface area (Å²) in [5, 5.41) is 3.08. The van der Waals surface area contributed by atoms with Gasteiger partial charge in [0.05, 0.1) is 6.04 Å². The molecule has 5 nitrogen and oxygen atoms in total. The summed E-state index contributed by atoms with van der Waals surface area (Å²) in [6.07, 6.45) is 4.84. The maximum atomic E-state index is 12.5. The molecular weight excluding hydrogens is 406 g/mol. The van der Waals surface area contributed by atoms with Gasteiger partial charge in [-0.15, -0.1) is 0 Å². The van der Waals surface area contributed by atoms with Crippen molar-refractivity contribution < 1.29 is 9.21 Å². The van der Waals surface area contributed by atoms with E-state index in [1.54, 1.807) is 12.1 Å². The van der Waals surface area contributed by atoms with E-state index in [-0.39, 0.29) is 11.9 Å². The van der Waals surface area contributed by atoms with E-state index in [0.717, 1.165) is 26.1 Å². The molecule has 1 unspecified atom stereocenters. The number of anilines is 1. The molecule has 27 heavy (non-hydrogen) atoms. The molecule has 1 amide bonds. The Morgan fingerprint density at radius 2 is 2.00 bits per heavy atom. The van der Waals surface area contributed by atoms with E-state index in [2.05, 4.69) is 56.3 Å². The number of furan rings is 1. The first-order chi connectivity index (χ1) is 13.1. The van der Waals surface area contributed by atoms with Crippen LogP contribution in [0.25, 0.3) is 0 Å². The van der Waals surface area contributed by atoms with Gasteiger partial charge in [0.15, 0.2) is 10.4 Å². The van der Waals surface area contributed by atoms with Crippen molar-refractivity contribution in [2.45, 2.75) is 31.7 Å². The van der Waals surface area contributed by atoms with Crippen LogP contribution >= 0.6 is 15.9 Å². The van der Waals surface area contributed by atoms with Crippen molar-refractivity contribution in [3.05, 3.63) is 51.9 Å². The van der Waals surface area contributed by atoms with Crippen LogP contribution in [0.5, 0.6) is 0 Å². The fourth-order valence-corrected chi connectivity index (χ4v) is 4.50. The molecule has 1 N–H and O–H groups in total. The zero-order valence-corrected chi connectivity index (χ0v) is 17.3. The number of amides is 1. The normalized spacial score (nSPS) is 18.4. The number of carbonyl (C=O) groups excluding carboxylic acids is 1. The number of carbonyl (C=O) groups is 1. The monoisotopic (exact) mass is 431 g/mol.